The minimum Gasteiger partial charge on any atom is -0.490 e. The number of para-hydroxylation sites is 1. The van der Waals surface area contributed by atoms with Crippen LogP contribution in [0.15, 0.2) is 42.6 Å². The molecular formula is C20H24FN5O2. The standard InChI is InChI=1S/C20H24FN5O2/c1-25-16(6-8-22-25)13-26-9-11-28-20(14-26)18-12-15(23-24-18)7-10-27-19-5-3-2-4-17(19)21/h2-6,8,12,20H,7,9-11,13-14H2,1H3,(H,23,24)/t20-/m1/s1. The Labute approximate surface area is 163 Å². The van der Waals surface area contributed by atoms with Crippen LogP contribution in [-0.2, 0) is 24.8 Å². The molecule has 2 aromatic heterocycles. The van der Waals surface area contributed by atoms with Crippen LogP contribution in [0.5, 0.6) is 5.75 Å². The molecule has 1 aliphatic heterocycles. The average Bonchev–Trinajstić information content (AvgIpc) is 3.33. The first-order chi connectivity index (χ1) is 13.7. The topological polar surface area (TPSA) is 68.2 Å². The van der Waals surface area contributed by atoms with E-state index in [4.69, 9.17) is 9.47 Å². The number of benzene rings is 1. The van der Waals surface area contributed by atoms with E-state index in [1.165, 1.54) is 11.8 Å². The van der Waals surface area contributed by atoms with Gasteiger partial charge in [0.2, 0.25) is 0 Å². The van der Waals surface area contributed by atoms with Crippen LogP contribution in [-0.4, -0.2) is 51.2 Å². The Bertz CT molecular complexity index is 909. The molecule has 148 valence electrons. The predicted molar refractivity (Wildman–Crippen MR) is 101 cm³/mol. The SMILES string of the molecule is Cn1nccc1CN1CCO[C@@H](c2cc(CCOc3ccccc3F)[nH]n2)C1. The fourth-order valence-electron chi connectivity index (χ4n) is 3.32. The first-order valence-corrected chi connectivity index (χ1v) is 9.41. The lowest BCUT2D eigenvalue weighted by molar-refractivity contribution is -0.0356. The fourth-order valence-corrected chi connectivity index (χ4v) is 3.32. The molecule has 0 amide bonds. The smallest absolute Gasteiger partial charge is 0.165 e. The molecule has 1 saturated heterocycles. The number of rotatable bonds is 7. The van der Waals surface area contributed by atoms with E-state index in [1.807, 2.05) is 30.1 Å². The van der Waals surface area contributed by atoms with Gasteiger partial charge < -0.3 is 9.47 Å². The number of aryl methyl sites for hydroxylation is 1. The van der Waals surface area contributed by atoms with Gasteiger partial charge in [0.15, 0.2) is 11.6 Å². The lowest BCUT2D eigenvalue weighted by atomic mass is 10.2. The lowest BCUT2D eigenvalue weighted by Crippen LogP contribution is -2.38. The maximum atomic E-state index is 13.6. The van der Waals surface area contributed by atoms with Gasteiger partial charge in [-0.3, -0.25) is 14.7 Å². The van der Waals surface area contributed by atoms with Crippen LogP contribution in [0.4, 0.5) is 4.39 Å². The van der Waals surface area contributed by atoms with Gasteiger partial charge in [-0.1, -0.05) is 12.1 Å². The number of morpholine rings is 1. The zero-order valence-electron chi connectivity index (χ0n) is 15.8. The van der Waals surface area contributed by atoms with Crippen molar-refractivity contribution in [2.75, 3.05) is 26.3 Å². The number of hydrogen-bond acceptors (Lipinski definition) is 5. The first-order valence-electron chi connectivity index (χ1n) is 9.41. The third-order valence-electron chi connectivity index (χ3n) is 4.90. The molecular weight excluding hydrogens is 361 g/mol. The summed E-state index contributed by atoms with van der Waals surface area (Å²) in [5, 5.41) is 11.7. The number of aromatic amines is 1. The molecule has 1 fully saturated rings. The van der Waals surface area contributed by atoms with Crippen molar-refractivity contribution in [2.24, 2.45) is 7.05 Å². The highest BCUT2D eigenvalue weighted by Gasteiger charge is 2.24. The summed E-state index contributed by atoms with van der Waals surface area (Å²) < 4.78 is 26.9. The Morgan fingerprint density at radius 1 is 1.32 bits per heavy atom. The van der Waals surface area contributed by atoms with E-state index in [9.17, 15) is 4.39 Å². The number of hydrogen-bond donors (Lipinski definition) is 1. The highest BCUT2D eigenvalue weighted by atomic mass is 19.1. The average molecular weight is 385 g/mol. The third kappa shape index (κ3) is 4.40. The van der Waals surface area contributed by atoms with E-state index in [0.29, 0.717) is 19.6 Å². The molecule has 4 rings (SSSR count). The zero-order valence-corrected chi connectivity index (χ0v) is 15.8. The van der Waals surface area contributed by atoms with Crippen molar-refractivity contribution in [3.8, 4) is 5.75 Å². The molecule has 0 unspecified atom stereocenters. The molecule has 1 atom stereocenters. The Morgan fingerprint density at radius 3 is 3.04 bits per heavy atom. The number of nitrogens with zero attached hydrogens (tertiary/aromatic N) is 4. The van der Waals surface area contributed by atoms with Crippen LogP contribution >= 0.6 is 0 Å². The summed E-state index contributed by atoms with van der Waals surface area (Å²) in [6, 6.07) is 10.5. The second-order valence-corrected chi connectivity index (χ2v) is 6.89. The zero-order chi connectivity index (χ0) is 19.3. The van der Waals surface area contributed by atoms with Gasteiger partial charge in [-0.25, -0.2) is 4.39 Å². The molecule has 0 spiro atoms. The van der Waals surface area contributed by atoms with E-state index in [0.717, 1.165) is 31.0 Å². The van der Waals surface area contributed by atoms with Gasteiger partial charge in [-0.15, -0.1) is 0 Å². The van der Waals surface area contributed by atoms with Gasteiger partial charge in [-0.2, -0.15) is 10.2 Å². The predicted octanol–water partition coefficient (Wildman–Crippen LogP) is 2.48. The molecule has 0 aliphatic carbocycles. The van der Waals surface area contributed by atoms with Crippen molar-refractivity contribution in [3.05, 3.63) is 65.5 Å². The monoisotopic (exact) mass is 385 g/mol. The first kappa shape index (κ1) is 18.6. The van der Waals surface area contributed by atoms with Crippen molar-refractivity contribution in [3.63, 3.8) is 0 Å². The quantitative estimate of drug-likeness (QED) is 0.677. The van der Waals surface area contributed by atoms with Crippen molar-refractivity contribution < 1.29 is 13.9 Å². The van der Waals surface area contributed by atoms with Crippen LogP contribution in [0.2, 0.25) is 0 Å². The Balaban J connectivity index is 1.30. The van der Waals surface area contributed by atoms with E-state index in [-0.39, 0.29) is 17.7 Å². The summed E-state index contributed by atoms with van der Waals surface area (Å²) in [5.74, 6) is -0.0828. The molecule has 0 saturated carbocycles. The summed E-state index contributed by atoms with van der Waals surface area (Å²) in [6.45, 7) is 3.54. The Hall–Kier alpha value is -2.71. The van der Waals surface area contributed by atoms with E-state index < -0.39 is 0 Å². The Kier molecular flexibility index (Phi) is 5.68. The largest absolute Gasteiger partial charge is 0.490 e. The van der Waals surface area contributed by atoms with Gasteiger partial charge in [0.1, 0.15) is 6.10 Å². The van der Waals surface area contributed by atoms with Crippen molar-refractivity contribution in [2.45, 2.75) is 19.1 Å². The van der Waals surface area contributed by atoms with Crippen LogP contribution < -0.4 is 4.74 Å². The summed E-state index contributed by atoms with van der Waals surface area (Å²) in [7, 11) is 1.95. The van der Waals surface area contributed by atoms with Gasteiger partial charge in [0.05, 0.1) is 24.6 Å². The van der Waals surface area contributed by atoms with Crippen LogP contribution in [0.3, 0.4) is 0 Å². The maximum Gasteiger partial charge on any atom is 0.165 e. The molecule has 1 N–H and O–H groups in total. The highest BCUT2D eigenvalue weighted by molar-refractivity contribution is 5.23. The fraction of sp³-hybridized carbons (Fsp3) is 0.400. The van der Waals surface area contributed by atoms with Crippen LogP contribution in [0, 0.1) is 5.82 Å². The van der Waals surface area contributed by atoms with Gasteiger partial charge in [0.25, 0.3) is 0 Å². The molecule has 1 aromatic carbocycles. The number of halogens is 1. The highest BCUT2D eigenvalue weighted by Crippen LogP contribution is 2.22. The molecule has 1 aliphatic rings. The minimum absolute atomic E-state index is 0.0699. The molecule has 3 aromatic rings. The van der Waals surface area contributed by atoms with Gasteiger partial charge >= 0.3 is 0 Å². The van der Waals surface area contributed by atoms with Gasteiger partial charge in [0, 0.05) is 45.0 Å². The van der Waals surface area contributed by atoms with E-state index in [2.05, 4.69) is 20.2 Å². The number of aromatic nitrogens is 4. The maximum absolute atomic E-state index is 13.6. The summed E-state index contributed by atoms with van der Waals surface area (Å²) >= 11 is 0. The van der Waals surface area contributed by atoms with Crippen molar-refractivity contribution in [1.82, 2.24) is 24.9 Å². The van der Waals surface area contributed by atoms with Crippen LogP contribution in [0.25, 0.3) is 0 Å². The summed E-state index contributed by atoms with van der Waals surface area (Å²) in [5.41, 5.74) is 3.00. The normalized spacial score (nSPS) is 17.7. The molecule has 8 heteroatoms. The second kappa shape index (κ2) is 8.53. The third-order valence-corrected chi connectivity index (χ3v) is 4.90. The van der Waals surface area contributed by atoms with Crippen molar-refractivity contribution >= 4 is 0 Å². The lowest BCUT2D eigenvalue weighted by Gasteiger charge is -2.31. The molecule has 0 bridgehead atoms. The van der Waals surface area contributed by atoms with Gasteiger partial charge in [-0.05, 0) is 24.3 Å². The number of H-pyrrole nitrogens is 1. The Morgan fingerprint density at radius 2 is 2.21 bits per heavy atom. The minimum atomic E-state index is -0.350. The molecule has 3 heterocycles. The second-order valence-electron chi connectivity index (χ2n) is 6.89. The summed E-state index contributed by atoms with van der Waals surface area (Å²) in [6.07, 6.45) is 2.36. The summed E-state index contributed by atoms with van der Waals surface area (Å²) in [4.78, 5) is 2.35. The van der Waals surface area contributed by atoms with E-state index in [1.54, 1.807) is 18.2 Å². The number of nitrogens with one attached hydrogen (secondary N) is 1. The van der Waals surface area contributed by atoms with Crippen molar-refractivity contribution in [1.29, 1.82) is 0 Å². The number of ether oxygens (including phenoxy) is 2. The van der Waals surface area contributed by atoms with E-state index >= 15 is 0 Å². The molecule has 7 nitrogen and oxygen atoms in total. The molecule has 0 radical (unpaired) electrons. The van der Waals surface area contributed by atoms with Crippen LogP contribution in [0.1, 0.15) is 23.2 Å². The molecule has 28 heavy (non-hydrogen) atoms.